The summed E-state index contributed by atoms with van der Waals surface area (Å²) in [7, 11) is 0. The molecule has 4 rings (SSSR count). The minimum absolute atomic E-state index is 0.200. The summed E-state index contributed by atoms with van der Waals surface area (Å²) in [5.74, 6) is 0.416. The van der Waals surface area contributed by atoms with E-state index < -0.39 is 0 Å². The minimum atomic E-state index is 0.200. The number of hydrogen-bond donors (Lipinski definition) is 0. The maximum absolute atomic E-state index is 12.8. The van der Waals surface area contributed by atoms with E-state index in [1.165, 1.54) is 0 Å². The summed E-state index contributed by atoms with van der Waals surface area (Å²) in [6.45, 7) is 5.08. The first kappa shape index (κ1) is 19.3. The van der Waals surface area contributed by atoms with Crippen molar-refractivity contribution in [3.63, 3.8) is 0 Å². The lowest BCUT2D eigenvalue weighted by Gasteiger charge is -2.34. The molecule has 0 spiro atoms. The molecule has 1 aromatic heterocycles. The standard InChI is InChI=1S/C21H25ClN4O2/c22-18-5-1-3-16(11-18)19-12-23-13-20(24-19)17-4-2-6-26(14-17)21(27)15-25-7-9-28-10-8-25/h1,3,5,11-13,17H,2,4,6-10,14-15H2/t17-/m1/s1. The molecule has 7 heteroatoms. The number of carbonyl (C=O) groups excluding carboxylic acids is 1. The average molecular weight is 401 g/mol. The molecule has 2 aliphatic heterocycles. The molecule has 28 heavy (non-hydrogen) atoms. The fourth-order valence-electron chi connectivity index (χ4n) is 3.86. The minimum Gasteiger partial charge on any atom is -0.379 e. The van der Waals surface area contributed by atoms with Crippen LogP contribution >= 0.6 is 11.6 Å². The molecule has 148 valence electrons. The Bertz CT molecular complexity index is 826. The van der Waals surface area contributed by atoms with Crippen LogP contribution < -0.4 is 0 Å². The van der Waals surface area contributed by atoms with Crippen LogP contribution in [-0.2, 0) is 9.53 Å². The Kier molecular flexibility index (Phi) is 6.20. The number of ether oxygens (including phenoxy) is 1. The quantitative estimate of drug-likeness (QED) is 0.789. The van der Waals surface area contributed by atoms with Crippen molar-refractivity contribution in [2.45, 2.75) is 18.8 Å². The van der Waals surface area contributed by atoms with Crippen molar-refractivity contribution < 1.29 is 9.53 Å². The maximum atomic E-state index is 12.8. The normalized spacial score (nSPS) is 20.9. The van der Waals surface area contributed by atoms with Crippen LogP contribution in [0.1, 0.15) is 24.5 Å². The number of nitrogens with zero attached hydrogens (tertiary/aromatic N) is 4. The number of halogens is 1. The molecule has 0 aliphatic carbocycles. The lowest BCUT2D eigenvalue weighted by atomic mass is 9.94. The number of benzene rings is 1. The number of carbonyl (C=O) groups is 1. The van der Waals surface area contributed by atoms with Gasteiger partial charge in [-0.3, -0.25) is 14.7 Å². The van der Waals surface area contributed by atoms with Gasteiger partial charge < -0.3 is 9.64 Å². The number of piperidine rings is 1. The van der Waals surface area contributed by atoms with Crippen molar-refractivity contribution in [1.82, 2.24) is 19.8 Å². The molecule has 6 nitrogen and oxygen atoms in total. The summed E-state index contributed by atoms with van der Waals surface area (Å²) in [5, 5.41) is 0.683. The van der Waals surface area contributed by atoms with Crippen molar-refractivity contribution in [2.75, 3.05) is 45.9 Å². The van der Waals surface area contributed by atoms with E-state index in [-0.39, 0.29) is 11.8 Å². The fraction of sp³-hybridized carbons (Fsp3) is 0.476. The molecular formula is C21H25ClN4O2. The maximum Gasteiger partial charge on any atom is 0.236 e. The van der Waals surface area contributed by atoms with Crippen LogP contribution in [0.2, 0.25) is 5.02 Å². The van der Waals surface area contributed by atoms with Crippen molar-refractivity contribution in [2.24, 2.45) is 0 Å². The predicted molar refractivity (Wildman–Crippen MR) is 108 cm³/mol. The van der Waals surface area contributed by atoms with Gasteiger partial charge in [0.05, 0.1) is 37.3 Å². The van der Waals surface area contributed by atoms with Crippen LogP contribution in [0.3, 0.4) is 0 Å². The summed E-state index contributed by atoms with van der Waals surface area (Å²) >= 11 is 6.11. The van der Waals surface area contributed by atoms with Gasteiger partial charge in [0, 0.05) is 48.9 Å². The molecule has 2 aromatic rings. The molecule has 0 saturated carbocycles. The van der Waals surface area contributed by atoms with E-state index >= 15 is 0 Å². The molecular weight excluding hydrogens is 376 g/mol. The zero-order valence-corrected chi connectivity index (χ0v) is 16.6. The zero-order valence-electron chi connectivity index (χ0n) is 15.9. The Morgan fingerprint density at radius 1 is 1.21 bits per heavy atom. The van der Waals surface area contributed by atoms with Gasteiger partial charge >= 0.3 is 0 Å². The van der Waals surface area contributed by atoms with Crippen LogP contribution in [0.25, 0.3) is 11.3 Å². The summed E-state index contributed by atoms with van der Waals surface area (Å²) in [4.78, 5) is 26.2. The van der Waals surface area contributed by atoms with E-state index in [9.17, 15) is 4.79 Å². The van der Waals surface area contributed by atoms with Crippen LogP contribution in [0.15, 0.2) is 36.7 Å². The highest BCUT2D eigenvalue weighted by atomic mass is 35.5. The van der Waals surface area contributed by atoms with Gasteiger partial charge in [0.2, 0.25) is 5.91 Å². The third-order valence-corrected chi connectivity index (χ3v) is 5.66. The van der Waals surface area contributed by atoms with E-state index in [1.807, 2.05) is 35.4 Å². The van der Waals surface area contributed by atoms with E-state index in [2.05, 4.69) is 9.88 Å². The highest BCUT2D eigenvalue weighted by molar-refractivity contribution is 6.30. The first-order valence-corrected chi connectivity index (χ1v) is 10.2. The van der Waals surface area contributed by atoms with Gasteiger partial charge in [-0.15, -0.1) is 0 Å². The second kappa shape index (κ2) is 8.99. The smallest absolute Gasteiger partial charge is 0.236 e. The molecule has 0 N–H and O–H groups in total. The largest absolute Gasteiger partial charge is 0.379 e. The number of morpholine rings is 1. The highest BCUT2D eigenvalue weighted by Gasteiger charge is 2.27. The summed E-state index contributed by atoms with van der Waals surface area (Å²) in [5.41, 5.74) is 2.72. The van der Waals surface area contributed by atoms with Crippen molar-refractivity contribution >= 4 is 17.5 Å². The Hall–Kier alpha value is -2.02. The van der Waals surface area contributed by atoms with Gasteiger partial charge in [-0.1, -0.05) is 23.7 Å². The molecule has 1 amide bonds. The van der Waals surface area contributed by atoms with Crippen LogP contribution in [0.4, 0.5) is 0 Å². The molecule has 0 unspecified atom stereocenters. The van der Waals surface area contributed by atoms with Crippen LogP contribution in [-0.4, -0.2) is 71.6 Å². The molecule has 2 saturated heterocycles. The van der Waals surface area contributed by atoms with Gasteiger partial charge in [-0.05, 0) is 25.0 Å². The van der Waals surface area contributed by atoms with Crippen molar-refractivity contribution in [1.29, 1.82) is 0 Å². The lowest BCUT2D eigenvalue weighted by Crippen LogP contribution is -2.47. The SMILES string of the molecule is O=C(CN1CCOCC1)N1CCC[C@@H](c2cncc(-c3cccc(Cl)c3)n2)C1. The Morgan fingerprint density at radius 3 is 2.89 bits per heavy atom. The van der Waals surface area contributed by atoms with Crippen LogP contribution in [0.5, 0.6) is 0 Å². The number of hydrogen-bond acceptors (Lipinski definition) is 5. The third kappa shape index (κ3) is 4.69. The van der Waals surface area contributed by atoms with E-state index in [1.54, 1.807) is 6.20 Å². The number of amides is 1. The van der Waals surface area contributed by atoms with E-state index in [0.29, 0.717) is 31.3 Å². The summed E-state index contributed by atoms with van der Waals surface area (Å²) < 4.78 is 5.37. The van der Waals surface area contributed by atoms with Gasteiger partial charge in [0.25, 0.3) is 0 Å². The Labute approximate surface area is 170 Å². The lowest BCUT2D eigenvalue weighted by molar-refractivity contribution is -0.134. The molecule has 3 heterocycles. The molecule has 2 fully saturated rings. The molecule has 1 atom stereocenters. The van der Waals surface area contributed by atoms with Gasteiger partial charge in [0.15, 0.2) is 0 Å². The number of aromatic nitrogens is 2. The van der Waals surface area contributed by atoms with Gasteiger partial charge in [-0.25, -0.2) is 4.98 Å². The van der Waals surface area contributed by atoms with E-state index in [4.69, 9.17) is 21.3 Å². The van der Waals surface area contributed by atoms with Crippen molar-refractivity contribution in [3.8, 4) is 11.3 Å². The number of rotatable bonds is 4. The van der Waals surface area contributed by atoms with Gasteiger partial charge in [-0.2, -0.15) is 0 Å². The van der Waals surface area contributed by atoms with Crippen LogP contribution in [0, 0.1) is 0 Å². The summed E-state index contributed by atoms with van der Waals surface area (Å²) in [6.07, 6.45) is 5.60. The highest BCUT2D eigenvalue weighted by Crippen LogP contribution is 2.28. The first-order valence-electron chi connectivity index (χ1n) is 9.85. The molecule has 1 aromatic carbocycles. The monoisotopic (exact) mass is 400 g/mol. The average Bonchev–Trinajstić information content (AvgIpc) is 2.75. The predicted octanol–water partition coefficient (Wildman–Crippen LogP) is 2.84. The Morgan fingerprint density at radius 2 is 2.07 bits per heavy atom. The van der Waals surface area contributed by atoms with E-state index in [0.717, 1.165) is 49.4 Å². The topological polar surface area (TPSA) is 58.6 Å². The fourth-order valence-corrected chi connectivity index (χ4v) is 4.05. The zero-order chi connectivity index (χ0) is 19.3. The Balaban J connectivity index is 1.44. The molecule has 2 aliphatic rings. The second-order valence-corrected chi connectivity index (χ2v) is 7.84. The molecule has 0 bridgehead atoms. The molecule has 0 radical (unpaired) electrons. The second-order valence-electron chi connectivity index (χ2n) is 7.41. The third-order valence-electron chi connectivity index (χ3n) is 5.43. The summed E-state index contributed by atoms with van der Waals surface area (Å²) in [6, 6.07) is 7.65. The first-order chi connectivity index (χ1) is 13.7. The van der Waals surface area contributed by atoms with Crippen molar-refractivity contribution in [3.05, 3.63) is 47.4 Å². The number of likely N-dealkylation sites (tertiary alicyclic amines) is 1. The van der Waals surface area contributed by atoms with Gasteiger partial charge in [0.1, 0.15) is 0 Å².